The zero-order valence-corrected chi connectivity index (χ0v) is 21.3. The van der Waals surface area contributed by atoms with E-state index >= 15 is 0 Å². The number of halogens is 1. The summed E-state index contributed by atoms with van der Waals surface area (Å²) in [7, 11) is 1.60. The SMILES string of the molecule is COc1ccc(C2=NN(C(=O)CSc3nnc4[nH]c(=O)cc(C(C)C)n34)C(c3ccc(F)cc3)C2)cc1. The van der Waals surface area contributed by atoms with Crippen molar-refractivity contribution in [3.63, 3.8) is 0 Å². The quantitative estimate of drug-likeness (QED) is 0.367. The number of H-pyrrole nitrogens is 1. The zero-order chi connectivity index (χ0) is 26.1. The van der Waals surface area contributed by atoms with Crippen LogP contribution in [-0.2, 0) is 4.79 Å². The third kappa shape index (κ3) is 4.99. The predicted molar refractivity (Wildman–Crippen MR) is 139 cm³/mol. The molecule has 1 aliphatic rings. The lowest BCUT2D eigenvalue weighted by Gasteiger charge is -2.22. The molecule has 37 heavy (non-hydrogen) atoms. The zero-order valence-electron chi connectivity index (χ0n) is 20.5. The van der Waals surface area contributed by atoms with Gasteiger partial charge in [-0.05, 0) is 53.4 Å². The minimum atomic E-state index is -0.372. The molecule has 1 amide bonds. The summed E-state index contributed by atoms with van der Waals surface area (Å²) in [5.74, 6) is 0.586. The fourth-order valence-corrected chi connectivity index (χ4v) is 5.09. The monoisotopic (exact) mass is 520 g/mol. The van der Waals surface area contributed by atoms with E-state index in [9.17, 15) is 14.0 Å². The van der Waals surface area contributed by atoms with E-state index in [1.54, 1.807) is 23.6 Å². The molecule has 1 atom stereocenters. The van der Waals surface area contributed by atoms with E-state index in [-0.39, 0.29) is 35.0 Å². The maximum atomic E-state index is 13.6. The Morgan fingerprint density at radius 1 is 1.16 bits per heavy atom. The number of carbonyl (C=O) groups is 1. The van der Waals surface area contributed by atoms with Crippen LogP contribution in [0.4, 0.5) is 4.39 Å². The van der Waals surface area contributed by atoms with Crippen molar-refractivity contribution >= 4 is 29.2 Å². The lowest BCUT2D eigenvalue weighted by molar-refractivity contribution is -0.130. The van der Waals surface area contributed by atoms with Gasteiger partial charge in [0, 0.05) is 18.2 Å². The Hall–Kier alpha value is -3.99. The number of carbonyl (C=O) groups excluding carboxylic acids is 1. The standard InChI is InChI=1S/C26H25FN6O3S/c1-15(2)21-13-23(34)28-25-29-30-26(32(21)25)37-14-24(35)33-22(17-4-8-18(27)9-5-17)12-20(31-33)16-6-10-19(36-3)11-7-16/h4-11,13,15,22H,12,14H2,1-3H3,(H,28,29,34). The number of rotatable bonds is 7. The van der Waals surface area contributed by atoms with Gasteiger partial charge in [0.05, 0.1) is 24.6 Å². The molecular weight excluding hydrogens is 495 g/mol. The number of thioether (sulfide) groups is 1. The van der Waals surface area contributed by atoms with Crippen molar-refractivity contribution in [1.29, 1.82) is 0 Å². The van der Waals surface area contributed by atoms with E-state index in [1.807, 2.05) is 38.1 Å². The largest absolute Gasteiger partial charge is 0.497 e. The smallest absolute Gasteiger partial charge is 0.253 e. The van der Waals surface area contributed by atoms with Crippen molar-refractivity contribution < 1.29 is 13.9 Å². The second-order valence-electron chi connectivity index (χ2n) is 8.93. The highest BCUT2D eigenvalue weighted by Crippen LogP contribution is 2.34. The Kier molecular flexibility index (Phi) is 6.79. The summed E-state index contributed by atoms with van der Waals surface area (Å²) in [5.41, 5.74) is 2.92. The molecule has 0 saturated heterocycles. The molecular formula is C26H25FN6O3S. The van der Waals surface area contributed by atoms with Crippen molar-refractivity contribution in [2.24, 2.45) is 5.10 Å². The summed E-state index contributed by atoms with van der Waals surface area (Å²) in [6.45, 7) is 3.95. The van der Waals surface area contributed by atoms with Gasteiger partial charge in [-0.3, -0.25) is 19.0 Å². The second kappa shape index (κ2) is 10.2. The van der Waals surface area contributed by atoms with E-state index in [0.29, 0.717) is 17.4 Å². The van der Waals surface area contributed by atoms with E-state index in [4.69, 9.17) is 4.74 Å². The minimum absolute atomic E-state index is 0.0499. The Balaban J connectivity index is 1.43. The number of nitrogens with one attached hydrogen (secondary N) is 1. The van der Waals surface area contributed by atoms with Crippen molar-refractivity contribution in [3.8, 4) is 5.75 Å². The van der Waals surface area contributed by atoms with Gasteiger partial charge in [-0.2, -0.15) is 5.10 Å². The molecule has 4 aromatic rings. The molecule has 2 aromatic heterocycles. The highest BCUT2D eigenvalue weighted by atomic mass is 32.2. The van der Waals surface area contributed by atoms with Crippen LogP contribution in [0.15, 0.2) is 69.6 Å². The number of amides is 1. The third-order valence-corrected chi connectivity index (χ3v) is 7.08. The first-order valence-corrected chi connectivity index (χ1v) is 12.7. The van der Waals surface area contributed by atoms with Crippen LogP contribution in [0, 0.1) is 5.82 Å². The first-order chi connectivity index (χ1) is 17.8. The lowest BCUT2D eigenvalue weighted by atomic mass is 9.98. The molecule has 0 bridgehead atoms. The summed E-state index contributed by atoms with van der Waals surface area (Å²) < 4.78 is 20.6. The summed E-state index contributed by atoms with van der Waals surface area (Å²) in [4.78, 5) is 28.1. The van der Waals surface area contributed by atoms with Crippen LogP contribution in [0.1, 0.15) is 49.0 Å². The molecule has 1 aliphatic heterocycles. The molecule has 3 heterocycles. The fraction of sp³-hybridized carbons (Fsp3) is 0.269. The van der Waals surface area contributed by atoms with Gasteiger partial charge in [0.2, 0.25) is 5.78 Å². The van der Waals surface area contributed by atoms with Gasteiger partial charge in [-0.1, -0.05) is 37.7 Å². The Morgan fingerprint density at radius 2 is 1.89 bits per heavy atom. The molecule has 1 unspecified atom stereocenters. The maximum Gasteiger partial charge on any atom is 0.253 e. The first-order valence-electron chi connectivity index (χ1n) is 11.7. The topological polar surface area (TPSA) is 105 Å². The molecule has 1 N–H and O–H groups in total. The van der Waals surface area contributed by atoms with Gasteiger partial charge < -0.3 is 4.74 Å². The third-order valence-electron chi connectivity index (χ3n) is 6.17. The molecule has 0 aliphatic carbocycles. The molecule has 0 radical (unpaired) electrons. The van der Waals surface area contributed by atoms with E-state index in [2.05, 4.69) is 20.3 Å². The van der Waals surface area contributed by atoms with Crippen LogP contribution in [0.25, 0.3) is 5.78 Å². The van der Waals surface area contributed by atoms with Gasteiger partial charge in [0.25, 0.3) is 11.5 Å². The van der Waals surface area contributed by atoms with Gasteiger partial charge >= 0.3 is 0 Å². The Morgan fingerprint density at radius 3 is 2.57 bits per heavy atom. The van der Waals surface area contributed by atoms with Crippen LogP contribution in [0.2, 0.25) is 0 Å². The minimum Gasteiger partial charge on any atom is -0.497 e. The molecule has 0 saturated carbocycles. The number of hydrogen-bond acceptors (Lipinski definition) is 7. The summed E-state index contributed by atoms with van der Waals surface area (Å²) in [6, 6.07) is 14.8. The number of aromatic nitrogens is 4. The van der Waals surface area contributed by atoms with Gasteiger partial charge in [-0.25, -0.2) is 9.40 Å². The molecule has 0 fully saturated rings. The number of aromatic amines is 1. The van der Waals surface area contributed by atoms with Crippen molar-refractivity contribution in [2.45, 2.75) is 37.4 Å². The van der Waals surface area contributed by atoms with Crippen LogP contribution in [0.5, 0.6) is 5.75 Å². The number of benzene rings is 2. The second-order valence-corrected chi connectivity index (χ2v) is 9.87. The summed E-state index contributed by atoms with van der Waals surface area (Å²) in [6.07, 6.45) is 0.487. The number of ether oxygens (including phenoxy) is 1. The molecule has 190 valence electrons. The van der Waals surface area contributed by atoms with Gasteiger partial charge in [0.15, 0.2) is 5.16 Å². The Bertz CT molecular complexity index is 1530. The normalized spacial score (nSPS) is 15.4. The summed E-state index contributed by atoms with van der Waals surface area (Å²) >= 11 is 1.22. The molecule has 11 heteroatoms. The highest BCUT2D eigenvalue weighted by molar-refractivity contribution is 7.99. The molecule has 0 spiro atoms. The van der Waals surface area contributed by atoms with Crippen LogP contribution >= 0.6 is 11.8 Å². The molecule has 2 aromatic carbocycles. The van der Waals surface area contributed by atoms with E-state index in [0.717, 1.165) is 28.3 Å². The van der Waals surface area contributed by atoms with Crippen molar-refractivity contribution in [2.75, 3.05) is 12.9 Å². The number of hydrogen-bond donors (Lipinski definition) is 1. The van der Waals surface area contributed by atoms with E-state index in [1.165, 1.54) is 35.0 Å². The van der Waals surface area contributed by atoms with Crippen molar-refractivity contribution in [1.82, 2.24) is 24.6 Å². The van der Waals surface area contributed by atoms with Gasteiger partial charge in [0.1, 0.15) is 11.6 Å². The number of hydrazone groups is 1. The maximum absolute atomic E-state index is 13.6. The molecule has 9 nitrogen and oxygen atoms in total. The number of methoxy groups -OCH3 is 1. The number of nitrogens with zero attached hydrogens (tertiary/aromatic N) is 5. The van der Waals surface area contributed by atoms with Crippen LogP contribution in [-0.4, -0.2) is 49.1 Å². The summed E-state index contributed by atoms with van der Waals surface area (Å²) in [5, 5.41) is 14.9. The van der Waals surface area contributed by atoms with Crippen LogP contribution in [0.3, 0.4) is 0 Å². The van der Waals surface area contributed by atoms with Gasteiger partial charge in [-0.15, -0.1) is 10.2 Å². The fourth-order valence-electron chi connectivity index (χ4n) is 4.28. The van der Waals surface area contributed by atoms with Crippen LogP contribution < -0.4 is 10.3 Å². The van der Waals surface area contributed by atoms with Crippen molar-refractivity contribution in [3.05, 3.63) is 87.6 Å². The molecule has 5 rings (SSSR count). The first kappa shape index (κ1) is 24.7. The average molecular weight is 521 g/mol. The predicted octanol–water partition coefficient (Wildman–Crippen LogP) is 4.16. The highest BCUT2D eigenvalue weighted by Gasteiger charge is 2.33. The van der Waals surface area contributed by atoms with E-state index < -0.39 is 0 Å². The number of fused-ring (bicyclic) bond motifs is 1. The Labute approximate surface area is 216 Å². The lowest BCUT2D eigenvalue weighted by Crippen LogP contribution is -2.28. The average Bonchev–Trinajstić information content (AvgIpc) is 3.52.